The van der Waals surface area contributed by atoms with Gasteiger partial charge in [-0.25, -0.2) is 0 Å². The number of H-pyrrole nitrogens is 1. The van der Waals surface area contributed by atoms with E-state index in [0.717, 1.165) is 16.9 Å². The number of nitrogens with zero attached hydrogens (tertiary/aromatic N) is 3. The quantitative estimate of drug-likeness (QED) is 0.668. The Balaban J connectivity index is 2.43. The molecule has 0 saturated carbocycles. The van der Waals surface area contributed by atoms with Gasteiger partial charge >= 0.3 is 0 Å². The van der Waals surface area contributed by atoms with Crippen LogP contribution in [0, 0.1) is 11.7 Å². The Morgan fingerprint density at radius 3 is 2.82 bits per heavy atom. The zero-order chi connectivity index (χ0) is 12.0. The third-order valence-electron chi connectivity index (χ3n) is 2.83. The lowest BCUT2D eigenvalue weighted by atomic mass is 10.2. The van der Waals surface area contributed by atoms with E-state index in [4.69, 9.17) is 12.2 Å². The average Bonchev–Trinajstić information content (AvgIpc) is 2.82. The van der Waals surface area contributed by atoms with Crippen molar-refractivity contribution in [3.63, 3.8) is 0 Å². The number of aryl methyl sites for hydroxylation is 2. The molecule has 0 saturated heterocycles. The van der Waals surface area contributed by atoms with Crippen LogP contribution in [-0.2, 0) is 7.05 Å². The molecule has 0 radical (unpaired) electrons. The molecule has 0 amide bonds. The molecular weight excluding hydrogens is 232 g/mol. The summed E-state index contributed by atoms with van der Waals surface area (Å²) in [6, 6.07) is 8.07. The summed E-state index contributed by atoms with van der Waals surface area (Å²) in [5, 5.41) is 4.40. The van der Waals surface area contributed by atoms with E-state index in [9.17, 15) is 0 Å². The van der Waals surface area contributed by atoms with Gasteiger partial charge in [-0.3, -0.25) is 9.25 Å². The highest BCUT2D eigenvalue weighted by Crippen LogP contribution is 2.21. The summed E-state index contributed by atoms with van der Waals surface area (Å²) in [6.45, 7) is 2.07. The van der Waals surface area contributed by atoms with Gasteiger partial charge in [0.1, 0.15) is 0 Å². The van der Waals surface area contributed by atoms with Crippen molar-refractivity contribution in [2.45, 2.75) is 6.92 Å². The predicted molar refractivity (Wildman–Crippen MR) is 70.0 cm³/mol. The van der Waals surface area contributed by atoms with Crippen LogP contribution in [0.3, 0.4) is 0 Å². The first-order valence-electron chi connectivity index (χ1n) is 5.37. The van der Waals surface area contributed by atoms with Crippen LogP contribution < -0.4 is 0 Å². The molecule has 86 valence electrons. The molecule has 0 spiro atoms. The van der Waals surface area contributed by atoms with Gasteiger partial charge in [-0.15, -0.1) is 0 Å². The standard InChI is InChI=1S/C12H12N4S/c1-8-4-3-5-9-11(8)16(12(17)13-9)10-6-7-15(2)14-10/h3-7H,1-2H3,(H,13,17). The maximum Gasteiger partial charge on any atom is 0.184 e. The van der Waals surface area contributed by atoms with Crippen molar-refractivity contribution in [3.8, 4) is 5.82 Å². The van der Waals surface area contributed by atoms with Crippen LogP contribution in [0.4, 0.5) is 0 Å². The second-order valence-electron chi connectivity index (χ2n) is 4.08. The van der Waals surface area contributed by atoms with E-state index in [0.29, 0.717) is 4.77 Å². The number of aromatic nitrogens is 4. The highest BCUT2D eigenvalue weighted by Gasteiger charge is 2.10. The van der Waals surface area contributed by atoms with Gasteiger partial charge in [0.25, 0.3) is 0 Å². The fraction of sp³-hybridized carbons (Fsp3) is 0.167. The number of nitrogens with one attached hydrogen (secondary N) is 1. The van der Waals surface area contributed by atoms with Crippen molar-refractivity contribution >= 4 is 23.3 Å². The predicted octanol–water partition coefficient (Wildman–Crippen LogP) is 2.73. The molecule has 0 aliphatic heterocycles. The van der Waals surface area contributed by atoms with Crippen LogP contribution in [-0.4, -0.2) is 19.3 Å². The monoisotopic (exact) mass is 244 g/mol. The van der Waals surface area contributed by atoms with E-state index in [-0.39, 0.29) is 0 Å². The van der Waals surface area contributed by atoms with Crippen LogP contribution in [0.2, 0.25) is 0 Å². The number of hydrogen-bond donors (Lipinski definition) is 1. The van der Waals surface area contributed by atoms with Crippen molar-refractivity contribution in [3.05, 3.63) is 40.8 Å². The van der Waals surface area contributed by atoms with Gasteiger partial charge in [0, 0.05) is 19.3 Å². The fourth-order valence-electron chi connectivity index (χ4n) is 2.07. The van der Waals surface area contributed by atoms with E-state index in [2.05, 4.69) is 23.1 Å². The van der Waals surface area contributed by atoms with Crippen molar-refractivity contribution in [1.82, 2.24) is 19.3 Å². The Morgan fingerprint density at radius 2 is 2.12 bits per heavy atom. The van der Waals surface area contributed by atoms with Gasteiger partial charge in [-0.2, -0.15) is 5.10 Å². The molecule has 2 heterocycles. The summed E-state index contributed by atoms with van der Waals surface area (Å²) in [7, 11) is 1.90. The molecule has 3 aromatic rings. The number of rotatable bonds is 1. The number of hydrogen-bond acceptors (Lipinski definition) is 2. The Hall–Kier alpha value is -1.88. The molecule has 0 fully saturated rings. The first kappa shape index (κ1) is 10.3. The van der Waals surface area contributed by atoms with Crippen LogP contribution in [0.15, 0.2) is 30.5 Å². The molecule has 17 heavy (non-hydrogen) atoms. The Labute approximate surface area is 104 Å². The van der Waals surface area contributed by atoms with Crippen LogP contribution >= 0.6 is 12.2 Å². The zero-order valence-corrected chi connectivity index (χ0v) is 10.5. The average molecular weight is 244 g/mol. The minimum Gasteiger partial charge on any atom is -0.330 e. The molecule has 1 aromatic carbocycles. The molecule has 3 rings (SSSR count). The molecule has 0 aliphatic carbocycles. The van der Waals surface area contributed by atoms with Gasteiger partial charge in [-0.1, -0.05) is 12.1 Å². The SMILES string of the molecule is Cc1cccc2[nH]c(=S)n(-c3ccn(C)n3)c12. The second-order valence-corrected chi connectivity index (χ2v) is 4.47. The maximum absolute atomic E-state index is 5.36. The minimum absolute atomic E-state index is 0.674. The first-order valence-corrected chi connectivity index (χ1v) is 5.78. The van der Waals surface area contributed by atoms with Crippen molar-refractivity contribution in [1.29, 1.82) is 0 Å². The van der Waals surface area contributed by atoms with Gasteiger partial charge in [0.15, 0.2) is 10.6 Å². The molecule has 0 atom stereocenters. The first-order chi connectivity index (χ1) is 8.16. The van der Waals surface area contributed by atoms with Crippen LogP contribution in [0.1, 0.15) is 5.56 Å². The van der Waals surface area contributed by atoms with Gasteiger partial charge in [0.2, 0.25) is 0 Å². The molecule has 1 N–H and O–H groups in total. The maximum atomic E-state index is 5.36. The topological polar surface area (TPSA) is 38.5 Å². The van der Waals surface area contributed by atoms with Gasteiger partial charge in [0.05, 0.1) is 11.0 Å². The third-order valence-corrected chi connectivity index (χ3v) is 3.12. The summed E-state index contributed by atoms with van der Waals surface area (Å²) < 4.78 is 4.42. The Morgan fingerprint density at radius 1 is 1.29 bits per heavy atom. The summed E-state index contributed by atoms with van der Waals surface area (Å²) >= 11 is 5.36. The zero-order valence-electron chi connectivity index (χ0n) is 9.64. The van der Waals surface area contributed by atoms with Crippen molar-refractivity contribution in [2.24, 2.45) is 7.05 Å². The van der Waals surface area contributed by atoms with Gasteiger partial charge < -0.3 is 4.98 Å². The number of imidazole rings is 1. The normalized spacial score (nSPS) is 11.2. The van der Waals surface area contributed by atoms with E-state index >= 15 is 0 Å². The summed E-state index contributed by atoms with van der Waals surface area (Å²) in [4.78, 5) is 3.20. The number of para-hydroxylation sites is 1. The number of aromatic amines is 1. The van der Waals surface area contributed by atoms with E-state index in [1.807, 2.05) is 36.0 Å². The van der Waals surface area contributed by atoms with E-state index in [1.54, 1.807) is 4.68 Å². The minimum atomic E-state index is 0.674. The number of fused-ring (bicyclic) bond motifs is 1. The smallest absolute Gasteiger partial charge is 0.184 e. The lowest BCUT2D eigenvalue weighted by Gasteiger charge is -2.02. The number of benzene rings is 1. The summed E-state index contributed by atoms with van der Waals surface area (Å²) in [5.41, 5.74) is 3.32. The fourth-order valence-corrected chi connectivity index (χ4v) is 2.36. The lowest BCUT2D eigenvalue weighted by molar-refractivity contribution is 0.752. The summed E-state index contributed by atoms with van der Waals surface area (Å²) in [6.07, 6.45) is 1.91. The van der Waals surface area contributed by atoms with Crippen LogP contribution in [0.5, 0.6) is 0 Å². The highest BCUT2D eigenvalue weighted by atomic mass is 32.1. The molecule has 4 nitrogen and oxygen atoms in total. The Bertz CT molecular complexity index is 747. The third kappa shape index (κ3) is 1.51. The molecule has 0 bridgehead atoms. The molecular formula is C12H12N4S. The van der Waals surface area contributed by atoms with E-state index in [1.165, 1.54) is 5.56 Å². The van der Waals surface area contributed by atoms with Gasteiger partial charge in [-0.05, 0) is 30.8 Å². The Kier molecular flexibility index (Phi) is 2.16. The van der Waals surface area contributed by atoms with Crippen LogP contribution in [0.25, 0.3) is 16.9 Å². The molecule has 0 aliphatic rings. The molecule has 2 aromatic heterocycles. The second kappa shape index (κ2) is 3.56. The van der Waals surface area contributed by atoms with Crippen molar-refractivity contribution < 1.29 is 0 Å². The molecule has 0 unspecified atom stereocenters. The highest BCUT2D eigenvalue weighted by molar-refractivity contribution is 7.71. The van der Waals surface area contributed by atoms with E-state index < -0.39 is 0 Å². The van der Waals surface area contributed by atoms with Crippen molar-refractivity contribution in [2.75, 3.05) is 0 Å². The lowest BCUT2D eigenvalue weighted by Crippen LogP contribution is -1.98. The summed E-state index contributed by atoms with van der Waals surface area (Å²) in [5.74, 6) is 0.845. The molecule has 5 heteroatoms. The largest absolute Gasteiger partial charge is 0.330 e.